The normalized spacial score (nSPS) is 11.2. The minimum absolute atomic E-state index is 0.164. The lowest BCUT2D eigenvalue weighted by molar-refractivity contribution is -0.125. The summed E-state index contributed by atoms with van der Waals surface area (Å²) in [5.41, 5.74) is 1.45. The van der Waals surface area contributed by atoms with Crippen LogP contribution in [-0.4, -0.2) is 30.7 Å². The first-order valence-electron chi connectivity index (χ1n) is 8.87. The van der Waals surface area contributed by atoms with E-state index >= 15 is 0 Å². The SMILES string of the molecule is CC(=NOCC(=O)NCCC(=O)Nc1ccc2ccccc2c1)c1cccs1. The highest BCUT2D eigenvalue weighted by Crippen LogP contribution is 2.18. The molecular weight excluding hydrogens is 374 g/mol. The van der Waals surface area contributed by atoms with Gasteiger partial charge in [0.2, 0.25) is 5.91 Å². The van der Waals surface area contributed by atoms with Gasteiger partial charge in [-0.3, -0.25) is 9.59 Å². The highest BCUT2D eigenvalue weighted by atomic mass is 32.1. The van der Waals surface area contributed by atoms with Crippen molar-refractivity contribution in [1.82, 2.24) is 5.32 Å². The quantitative estimate of drug-likeness (QED) is 0.450. The summed E-state index contributed by atoms with van der Waals surface area (Å²) in [4.78, 5) is 29.9. The second kappa shape index (κ2) is 9.66. The van der Waals surface area contributed by atoms with Crippen LogP contribution in [0.4, 0.5) is 5.69 Å². The average molecular weight is 395 g/mol. The Morgan fingerprint density at radius 1 is 1.04 bits per heavy atom. The molecule has 3 rings (SSSR count). The van der Waals surface area contributed by atoms with Crippen molar-refractivity contribution < 1.29 is 14.4 Å². The predicted octanol–water partition coefficient (Wildman–Crippen LogP) is 3.79. The van der Waals surface area contributed by atoms with Gasteiger partial charge in [0.15, 0.2) is 6.61 Å². The lowest BCUT2D eigenvalue weighted by Crippen LogP contribution is -2.30. The number of carbonyl (C=O) groups excluding carboxylic acids is 2. The molecule has 1 heterocycles. The summed E-state index contributed by atoms with van der Waals surface area (Å²) >= 11 is 1.55. The average Bonchev–Trinajstić information content (AvgIpc) is 3.23. The Bertz CT molecular complexity index is 983. The van der Waals surface area contributed by atoms with Crippen molar-refractivity contribution in [2.45, 2.75) is 13.3 Å². The molecule has 0 aliphatic rings. The maximum atomic E-state index is 12.1. The zero-order valence-electron chi connectivity index (χ0n) is 15.5. The third kappa shape index (κ3) is 5.65. The van der Waals surface area contributed by atoms with Crippen LogP contribution in [0.3, 0.4) is 0 Å². The summed E-state index contributed by atoms with van der Waals surface area (Å²) in [6.07, 6.45) is 0.177. The molecule has 0 atom stereocenters. The molecule has 2 aromatic carbocycles. The van der Waals surface area contributed by atoms with Crippen LogP contribution >= 0.6 is 11.3 Å². The van der Waals surface area contributed by atoms with Crippen molar-refractivity contribution in [2.75, 3.05) is 18.5 Å². The van der Waals surface area contributed by atoms with Gasteiger partial charge in [0.1, 0.15) is 0 Å². The van der Waals surface area contributed by atoms with Crippen LogP contribution in [0.1, 0.15) is 18.2 Å². The molecule has 7 heteroatoms. The highest BCUT2D eigenvalue weighted by Gasteiger charge is 2.06. The molecule has 0 spiro atoms. The Morgan fingerprint density at radius 2 is 1.86 bits per heavy atom. The van der Waals surface area contributed by atoms with E-state index in [1.165, 1.54) is 0 Å². The van der Waals surface area contributed by atoms with Gasteiger partial charge in [0.05, 0.1) is 10.6 Å². The van der Waals surface area contributed by atoms with Gasteiger partial charge in [-0.05, 0) is 41.3 Å². The molecule has 0 bridgehead atoms. The lowest BCUT2D eigenvalue weighted by atomic mass is 10.1. The van der Waals surface area contributed by atoms with Gasteiger partial charge >= 0.3 is 0 Å². The minimum atomic E-state index is -0.318. The van der Waals surface area contributed by atoms with Crippen LogP contribution in [0.15, 0.2) is 65.1 Å². The minimum Gasteiger partial charge on any atom is -0.385 e. The zero-order valence-corrected chi connectivity index (χ0v) is 16.3. The van der Waals surface area contributed by atoms with E-state index in [9.17, 15) is 9.59 Å². The van der Waals surface area contributed by atoms with Crippen LogP contribution in [0.2, 0.25) is 0 Å². The molecule has 28 heavy (non-hydrogen) atoms. The fourth-order valence-corrected chi connectivity index (χ4v) is 3.24. The molecule has 0 saturated heterocycles. The molecule has 6 nitrogen and oxygen atoms in total. The summed E-state index contributed by atoms with van der Waals surface area (Å²) in [5, 5.41) is 13.5. The van der Waals surface area contributed by atoms with Gasteiger partial charge in [0.25, 0.3) is 5.91 Å². The fourth-order valence-electron chi connectivity index (χ4n) is 2.57. The van der Waals surface area contributed by atoms with Crippen molar-refractivity contribution in [3.63, 3.8) is 0 Å². The van der Waals surface area contributed by atoms with Crippen molar-refractivity contribution in [3.8, 4) is 0 Å². The third-order valence-corrected chi connectivity index (χ3v) is 4.96. The summed E-state index contributed by atoms with van der Waals surface area (Å²) < 4.78 is 0. The Morgan fingerprint density at radius 3 is 2.64 bits per heavy atom. The maximum absolute atomic E-state index is 12.1. The van der Waals surface area contributed by atoms with E-state index in [1.54, 1.807) is 11.3 Å². The number of oxime groups is 1. The van der Waals surface area contributed by atoms with Crippen LogP contribution < -0.4 is 10.6 Å². The van der Waals surface area contributed by atoms with Crippen molar-refractivity contribution in [2.24, 2.45) is 5.16 Å². The number of nitrogens with zero attached hydrogens (tertiary/aromatic N) is 1. The van der Waals surface area contributed by atoms with Gasteiger partial charge in [-0.2, -0.15) is 0 Å². The van der Waals surface area contributed by atoms with E-state index in [1.807, 2.05) is 66.9 Å². The molecule has 1 aromatic heterocycles. The molecule has 2 amide bonds. The largest absolute Gasteiger partial charge is 0.385 e. The molecule has 0 aliphatic carbocycles. The number of thiophene rings is 1. The second-order valence-electron chi connectivity index (χ2n) is 6.14. The first-order chi connectivity index (χ1) is 13.6. The van der Waals surface area contributed by atoms with Gasteiger partial charge in [-0.15, -0.1) is 11.3 Å². The molecular formula is C21H21N3O3S. The van der Waals surface area contributed by atoms with Crippen molar-refractivity contribution in [3.05, 3.63) is 64.9 Å². The number of carbonyl (C=O) groups is 2. The predicted molar refractivity (Wildman–Crippen MR) is 113 cm³/mol. The maximum Gasteiger partial charge on any atom is 0.260 e. The van der Waals surface area contributed by atoms with E-state index in [4.69, 9.17) is 4.84 Å². The van der Waals surface area contributed by atoms with E-state index in [0.29, 0.717) is 0 Å². The fraction of sp³-hybridized carbons (Fsp3) is 0.190. The van der Waals surface area contributed by atoms with Crippen LogP contribution in [0.5, 0.6) is 0 Å². The summed E-state index contributed by atoms with van der Waals surface area (Å²) in [7, 11) is 0. The standard InChI is InChI=1S/C21H21N3O3S/c1-15(19-7-4-12-28-19)24-27-14-21(26)22-11-10-20(25)23-18-9-8-16-5-2-3-6-17(16)13-18/h2-9,12-13H,10-11,14H2,1H3,(H,22,26)(H,23,25). The van der Waals surface area contributed by atoms with E-state index in [-0.39, 0.29) is 31.4 Å². The smallest absolute Gasteiger partial charge is 0.260 e. The molecule has 3 aromatic rings. The molecule has 0 unspecified atom stereocenters. The Balaban J connectivity index is 1.37. The van der Waals surface area contributed by atoms with Crippen molar-refractivity contribution >= 4 is 45.3 Å². The number of benzene rings is 2. The molecule has 0 radical (unpaired) electrons. The molecule has 2 N–H and O–H groups in total. The summed E-state index contributed by atoms with van der Waals surface area (Å²) in [6, 6.07) is 17.5. The number of rotatable bonds is 8. The second-order valence-corrected chi connectivity index (χ2v) is 7.09. The van der Waals surface area contributed by atoms with Gasteiger partial charge in [-0.1, -0.05) is 41.6 Å². The number of hydrogen-bond acceptors (Lipinski definition) is 5. The van der Waals surface area contributed by atoms with Gasteiger partial charge in [-0.25, -0.2) is 0 Å². The summed E-state index contributed by atoms with van der Waals surface area (Å²) in [6.45, 7) is 1.87. The molecule has 0 saturated carbocycles. The van der Waals surface area contributed by atoms with E-state index in [0.717, 1.165) is 27.0 Å². The monoisotopic (exact) mass is 395 g/mol. The molecule has 0 aliphatic heterocycles. The number of hydrogen-bond donors (Lipinski definition) is 2. The van der Waals surface area contributed by atoms with E-state index < -0.39 is 0 Å². The summed E-state index contributed by atoms with van der Waals surface area (Å²) in [5.74, 6) is -0.482. The highest BCUT2D eigenvalue weighted by molar-refractivity contribution is 7.12. The van der Waals surface area contributed by atoms with Crippen LogP contribution in [0.25, 0.3) is 10.8 Å². The number of fused-ring (bicyclic) bond motifs is 1. The number of anilines is 1. The van der Waals surface area contributed by atoms with Crippen molar-refractivity contribution in [1.29, 1.82) is 0 Å². The first kappa shape index (κ1) is 19.6. The van der Waals surface area contributed by atoms with E-state index in [2.05, 4.69) is 15.8 Å². The molecule has 0 fully saturated rings. The lowest BCUT2D eigenvalue weighted by Gasteiger charge is -2.07. The Kier molecular flexibility index (Phi) is 6.75. The van der Waals surface area contributed by atoms with Gasteiger partial charge < -0.3 is 15.5 Å². The third-order valence-electron chi connectivity index (χ3n) is 3.98. The molecule has 144 valence electrons. The topological polar surface area (TPSA) is 79.8 Å². The van der Waals surface area contributed by atoms with Gasteiger partial charge in [0, 0.05) is 18.7 Å². The Hall–Kier alpha value is -3.19. The van der Waals surface area contributed by atoms with Crippen LogP contribution in [0, 0.1) is 0 Å². The first-order valence-corrected chi connectivity index (χ1v) is 9.75. The zero-order chi connectivity index (χ0) is 19.8. The Labute approximate surface area is 167 Å². The number of amides is 2. The van der Waals surface area contributed by atoms with Crippen LogP contribution in [-0.2, 0) is 14.4 Å². The number of nitrogens with one attached hydrogen (secondary N) is 2.